The third-order valence-electron chi connectivity index (χ3n) is 4.63. The van der Waals surface area contributed by atoms with E-state index in [1.807, 2.05) is 0 Å². The van der Waals surface area contributed by atoms with Crippen molar-refractivity contribution >= 4 is 10.9 Å². The number of hydrogen-bond donors (Lipinski definition) is 1. The van der Waals surface area contributed by atoms with Crippen LogP contribution in [0.2, 0.25) is 0 Å². The number of pyridine rings is 1. The Balaban J connectivity index is 2.03. The Bertz CT molecular complexity index is 631. The van der Waals surface area contributed by atoms with E-state index in [9.17, 15) is 0 Å². The van der Waals surface area contributed by atoms with Crippen molar-refractivity contribution in [3.63, 3.8) is 0 Å². The zero-order valence-electron chi connectivity index (χ0n) is 13.3. The number of nitrogens with zero attached hydrogens (tertiary/aromatic N) is 1. The maximum atomic E-state index is 5.00. The third-order valence-corrected chi connectivity index (χ3v) is 4.63. The topological polar surface area (TPSA) is 24.9 Å². The Labute approximate surface area is 128 Å². The number of hydrogen-bond acceptors (Lipinski definition) is 2. The fourth-order valence-electron chi connectivity index (χ4n) is 3.44. The summed E-state index contributed by atoms with van der Waals surface area (Å²) < 4.78 is 0. The molecule has 21 heavy (non-hydrogen) atoms. The van der Waals surface area contributed by atoms with Crippen LogP contribution in [0.1, 0.15) is 55.5 Å². The average molecular weight is 282 g/mol. The Kier molecular flexibility index (Phi) is 4.54. The normalized spacial score (nSPS) is 13.8. The lowest BCUT2D eigenvalue weighted by Crippen LogP contribution is -2.16. The molecule has 1 aromatic carbocycles. The third kappa shape index (κ3) is 2.82. The van der Waals surface area contributed by atoms with Gasteiger partial charge in [-0.15, -0.1) is 0 Å². The van der Waals surface area contributed by atoms with Crippen molar-refractivity contribution in [3.8, 4) is 0 Å². The fourth-order valence-corrected chi connectivity index (χ4v) is 3.44. The summed E-state index contributed by atoms with van der Waals surface area (Å²) in [7, 11) is 0. The van der Waals surface area contributed by atoms with Crippen molar-refractivity contribution in [1.29, 1.82) is 0 Å². The van der Waals surface area contributed by atoms with Gasteiger partial charge in [0.15, 0.2) is 0 Å². The van der Waals surface area contributed by atoms with Gasteiger partial charge in [0.05, 0.1) is 5.52 Å². The quantitative estimate of drug-likeness (QED) is 0.804. The van der Waals surface area contributed by atoms with E-state index in [0.29, 0.717) is 0 Å². The largest absolute Gasteiger partial charge is 0.313 e. The Morgan fingerprint density at radius 3 is 2.90 bits per heavy atom. The van der Waals surface area contributed by atoms with Crippen LogP contribution in [0.4, 0.5) is 0 Å². The Morgan fingerprint density at radius 1 is 1.19 bits per heavy atom. The number of benzene rings is 1. The van der Waals surface area contributed by atoms with Crippen LogP contribution >= 0.6 is 0 Å². The molecule has 1 aliphatic carbocycles. The minimum atomic E-state index is 0.995. The number of fused-ring (bicyclic) bond motifs is 2. The van der Waals surface area contributed by atoms with Crippen LogP contribution in [0.3, 0.4) is 0 Å². The van der Waals surface area contributed by atoms with Crippen molar-refractivity contribution in [2.75, 3.05) is 6.54 Å². The zero-order valence-corrected chi connectivity index (χ0v) is 13.3. The van der Waals surface area contributed by atoms with Gasteiger partial charge in [-0.05, 0) is 55.3 Å². The highest BCUT2D eigenvalue weighted by Crippen LogP contribution is 2.31. The minimum absolute atomic E-state index is 0.995. The van der Waals surface area contributed by atoms with Gasteiger partial charge in [-0.3, -0.25) is 4.98 Å². The smallest absolute Gasteiger partial charge is 0.0740 e. The number of para-hydroxylation sites is 1. The monoisotopic (exact) mass is 282 g/mol. The lowest BCUT2D eigenvalue weighted by molar-refractivity contribution is 0.640. The molecule has 1 N–H and O–H groups in total. The molecular weight excluding hydrogens is 256 g/mol. The van der Waals surface area contributed by atoms with E-state index in [1.54, 1.807) is 0 Å². The molecule has 2 nitrogen and oxygen atoms in total. The number of rotatable bonds is 6. The molecule has 1 aromatic heterocycles. The minimum Gasteiger partial charge on any atom is -0.313 e. The van der Waals surface area contributed by atoms with Crippen LogP contribution in [-0.4, -0.2) is 11.5 Å². The molecule has 0 saturated carbocycles. The summed E-state index contributed by atoms with van der Waals surface area (Å²) in [6, 6.07) is 6.68. The van der Waals surface area contributed by atoms with Gasteiger partial charge in [0.2, 0.25) is 0 Å². The number of aryl methyl sites for hydroxylation is 2. The van der Waals surface area contributed by atoms with E-state index in [0.717, 1.165) is 25.9 Å². The molecule has 0 bridgehead atoms. The predicted octanol–water partition coefficient (Wildman–Crippen LogP) is 4.18. The molecule has 1 aliphatic rings. The van der Waals surface area contributed by atoms with Gasteiger partial charge in [0.25, 0.3) is 0 Å². The maximum absolute atomic E-state index is 5.00. The lowest BCUT2D eigenvalue weighted by Gasteiger charge is -2.15. The zero-order chi connectivity index (χ0) is 14.7. The molecule has 1 heterocycles. The van der Waals surface area contributed by atoms with Crippen molar-refractivity contribution in [1.82, 2.24) is 10.3 Å². The van der Waals surface area contributed by atoms with E-state index in [4.69, 9.17) is 4.98 Å². The highest BCUT2D eigenvalue weighted by Gasteiger charge is 2.19. The van der Waals surface area contributed by atoms with Gasteiger partial charge in [0.1, 0.15) is 0 Å². The highest BCUT2D eigenvalue weighted by atomic mass is 14.9. The molecule has 0 aliphatic heterocycles. The molecule has 2 aromatic rings. The molecule has 112 valence electrons. The SMILES string of the molecule is CCCCNCc1c2c(nc3c(CC)cccc13)CCC2. The molecule has 0 radical (unpaired) electrons. The molecule has 0 saturated heterocycles. The number of aromatic nitrogens is 1. The molecular formula is C19H26N2. The molecule has 3 rings (SSSR count). The Hall–Kier alpha value is -1.41. The first-order valence-electron chi connectivity index (χ1n) is 8.48. The molecule has 0 fully saturated rings. The number of unbranched alkanes of at least 4 members (excludes halogenated alkanes) is 1. The van der Waals surface area contributed by atoms with Crippen LogP contribution < -0.4 is 5.32 Å². The molecule has 2 heteroatoms. The second kappa shape index (κ2) is 6.57. The second-order valence-electron chi connectivity index (χ2n) is 6.07. The molecule has 0 spiro atoms. The summed E-state index contributed by atoms with van der Waals surface area (Å²) in [5.41, 5.74) is 7.03. The van der Waals surface area contributed by atoms with Crippen LogP contribution in [0.25, 0.3) is 10.9 Å². The van der Waals surface area contributed by atoms with Gasteiger partial charge >= 0.3 is 0 Å². The number of nitrogens with one attached hydrogen (secondary N) is 1. The standard InChI is InChI=1S/C19H26N2/c1-3-5-12-20-13-17-15-9-7-11-18(15)21-19-14(4-2)8-6-10-16(17)19/h6,8,10,20H,3-5,7,9,11-13H2,1-2H3. The van der Waals surface area contributed by atoms with Gasteiger partial charge in [-0.2, -0.15) is 0 Å². The second-order valence-corrected chi connectivity index (χ2v) is 6.07. The fraction of sp³-hybridized carbons (Fsp3) is 0.526. The van der Waals surface area contributed by atoms with Gasteiger partial charge in [-0.1, -0.05) is 38.5 Å². The molecule has 0 atom stereocenters. The van der Waals surface area contributed by atoms with Gasteiger partial charge in [0, 0.05) is 17.6 Å². The van der Waals surface area contributed by atoms with Crippen molar-refractivity contribution < 1.29 is 0 Å². The summed E-state index contributed by atoms with van der Waals surface area (Å²) in [5, 5.41) is 5.01. The summed E-state index contributed by atoms with van der Waals surface area (Å²) in [6.45, 7) is 6.58. The summed E-state index contributed by atoms with van der Waals surface area (Å²) in [5.74, 6) is 0. The summed E-state index contributed by atoms with van der Waals surface area (Å²) >= 11 is 0. The van der Waals surface area contributed by atoms with Crippen molar-refractivity contribution in [2.45, 2.75) is 58.9 Å². The highest BCUT2D eigenvalue weighted by molar-refractivity contribution is 5.86. The van der Waals surface area contributed by atoms with Crippen molar-refractivity contribution in [2.24, 2.45) is 0 Å². The lowest BCUT2D eigenvalue weighted by atomic mass is 9.98. The first kappa shape index (κ1) is 14.5. The first-order valence-corrected chi connectivity index (χ1v) is 8.48. The van der Waals surface area contributed by atoms with E-state index < -0.39 is 0 Å². The average Bonchev–Trinajstić information content (AvgIpc) is 2.98. The van der Waals surface area contributed by atoms with Crippen molar-refractivity contribution in [3.05, 3.63) is 40.6 Å². The van der Waals surface area contributed by atoms with Crippen LogP contribution in [0.15, 0.2) is 18.2 Å². The van der Waals surface area contributed by atoms with E-state index in [2.05, 4.69) is 37.4 Å². The predicted molar refractivity (Wildman–Crippen MR) is 89.8 cm³/mol. The van der Waals surface area contributed by atoms with E-state index >= 15 is 0 Å². The molecule has 0 unspecified atom stereocenters. The molecule has 0 amide bonds. The Morgan fingerprint density at radius 2 is 2.10 bits per heavy atom. The van der Waals surface area contributed by atoms with Gasteiger partial charge < -0.3 is 5.32 Å². The first-order chi connectivity index (χ1) is 10.3. The van der Waals surface area contributed by atoms with Gasteiger partial charge in [-0.25, -0.2) is 0 Å². The van der Waals surface area contributed by atoms with Crippen LogP contribution in [0, 0.1) is 0 Å². The van der Waals surface area contributed by atoms with Crippen LogP contribution in [-0.2, 0) is 25.8 Å². The van der Waals surface area contributed by atoms with Crippen LogP contribution in [0.5, 0.6) is 0 Å². The summed E-state index contributed by atoms with van der Waals surface area (Å²) in [4.78, 5) is 5.00. The summed E-state index contributed by atoms with van der Waals surface area (Å²) in [6.07, 6.45) is 7.20. The van der Waals surface area contributed by atoms with E-state index in [1.165, 1.54) is 59.0 Å². The maximum Gasteiger partial charge on any atom is 0.0740 e. The van der Waals surface area contributed by atoms with E-state index in [-0.39, 0.29) is 0 Å².